The van der Waals surface area contributed by atoms with Gasteiger partial charge in [-0.1, -0.05) is 11.6 Å². The Balaban J connectivity index is 2.22. The third-order valence-electron chi connectivity index (χ3n) is 3.59. The number of carbonyl (C=O) groups is 2. The first kappa shape index (κ1) is 21.2. The second-order valence-corrected chi connectivity index (χ2v) is 8.79. The molecule has 0 aliphatic carbocycles. The summed E-state index contributed by atoms with van der Waals surface area (Å²) in [6, 6.07) is 1.19. The molecule has 0 saturated carbocycles. The second kappa shape index (κ2) is 7.88. The molecule has 0 aromatic carbocycles. The van der Waals surface area contributed by atoms with Crippen molar-refractivity contribution >= 4 is 29.7 Å². The lowest BCUT2D eigenvalue weighted by molar-refractivity contribution is 0.0287. The van der Waals surface area contributed by atoms with E-state index in [0.29, 0.717) is 19.5 Å². The Hall–Kier alpha value is -2.09. The fraction of sp³-hybridized carbons (Fsp3) is 0.667. The van der Waals surface area contributed by atoms with Crippen molar-refractivity contribution in [1.82, 2.24) is 14.9 Å². The van der Waals surface area contributed by atoms with Crippen molar-refractivity contribution in [1.29, 1.82) is 0 Å². The molecule has 2 rings (SSSR count). The summed E-state index contributed by atoms with van der Waals surface area (Å²) < 4.78 is 10.9. The molecule has 27 heavy (non-hydrogen) atoms. The fourth-order valence-electron chi connectivity index (χ4n) is 2.59. The molecule has 2 amide bonds. The number of carbonyl (C=O) groups excluding carboxylic acids is 2. The molecule has 1 fully saturated rings. The molecule has 0 spiro atoms. The Morgan fingerprint density at radius 3 is 2.37 bits per heavy atom. The molecular formula is C18H27ClN4O4. The molecule has 0 N–H and O–H groups in total. The normalized spacial score (nSPS) is 17.6. The minimum Gasteiger partial charge on any atom is -0.444 e. The van der Waals surface area contributed by atoms with Gasteiger partial charge >= 0.3 is 12.2 Å². The van der Waals surface area contributed by atoms with Crippen LogP contribution < -0.4 is 4.90 Å². The van der Waals surface area contributed by atoms with Crippen LogP contribution in [0.4, 0.5) is 15.5 Å². The molecule has 0 bridgehead atoms. The standard InChI is InChI=1S/C18H27ClN4O4/c1-17(2,3)26-15(24)22-10-8-12(11-22)23(16(25)27-18(4,5)6)14-20-9-7-13(19)21-14/h7,9,12H,8,10-11H2,1-6H3. The Labute approximate surface area is 164 Å². The van der Waals surface area contributed by atoms with E-state index in [0.717, 1.165) is 0 Å². The van der Waals surface area contributed by atoms with E-state index in [-0.39, 0.29) is 17.1 Å². The Morgan fingerprint density at radius 1 is 1.19 bits per heavy atom. The zero-order valence-electron chi connectivity index (χ0n) is 16.7. The first-order chi connectivity index (χ1) is 12.4. The Morgan fingerprint density at radius 2 is 1.81 bits per heavy atom. The van der Waals surface area contributed by atoms with Crippen LogP contribution in [0.2, 0.25) is 5.15 Å². The van der Waals surface area contributed by atoms with E-state index in [1.165, 1.54) is 17.2 Å². The number of nitrogens with zero attached hydrogens (tertiary/aromatic N) is 4. The van der Waals surface area contributed by atoms with Gasteiger partial charge in [0.2, 0.25) is 5.95 Å². The van der Waals surface area contributed by atoms with Crippen molar-refractivity contribution in [2.75, 3.05) is 18.0 Å². The Bertz CT molecular complexity index is 699. The van der Waals surface area contributed by atoms with Crippen molar-refractivity contribution in [2.24, 2.45) is 0 Å². The van der Waals surface area contributed by atoms with E-state index >= 15 is 0 Å². The van der Waals surface area contributed by atoms with E-state index in [9.17, 15) is 9.59 Å². The molecule has 1 aliphatic rings. The smallest absolute Gasteiger partial charge is 0.417 e. The van der Waals surface area contributed by atoms with Gasteiger partial charge in [0.25, 0.3) is 0 Å². The van der Waals surface area contributed by atoms with Crippen LogP contribution in [-0.4, -0.2) is 57.4 Å². The average molecular weight is 399 g/mol. The number of aromatic nitrogens is 2. The number of hydrogen-bond donors (Lipinski definition) is 0. The van der Waals surface area contributed by atoms with Gasteiger partial charge in [0.1, 0.15) is 16.4 Å². The number of ether oxygens (including phenoxy) is 2. The highest BCUT2D eigenvalue weighted by atomic mass is 35.5. The van der Waals surface area contributed by atoms with Gasteiger partial charge in [-0.15, -0.1) is 0 Å². The van der Waals surface area contributed by atoms with Gasteiger partial charge in [-0.25, -0.2) is 24.5 Å². The quantitative estimate of drug-likeness (QED) is 0.703. The summed E-state index contributed by atoms with van der Waals surface area (Å²) in [7, 11) is 0. The highest BCUT2D eigenvalue weighted by molar-refractivity contribution is 6.29. The van der Waals surface area contributed by atoms with E-state index < -0.39 is 23.4 Å². The van der Waals surface area contributed by atoms with Gasteiger partial charge < -0.3 is 14.4 Å². The molecule has 9 heteroatoms. The molecule has 8 nitrogen and oxygen atoms in total. The summed E-state index contributed by atoms with van der Waals surface area (Å²) >= 11 is 5.97. The molecule has 1 unspecified atom stereocenters. The predicted molar refractivity (Wildman–Crippen MR) is 102 cm³/mol. The molecule has 1 aromatic heterocycles. The second-order valence-electron chi connectivity index (χ2n) is 8.40. The SMILES string of the molecule is CC(C)(C)OC(=O)N1CCC(N(C(=O)OC(C)(C)C)c2nccc(Cl)n2)C1. The van der Waals surface area contributed by atoms with Crippen molar-refractivity contribution in [2.45, 2.75) is 65.2 Å². The van der Waals surface area contributed by atoms with Crippen molar-refractivity contribution in [3.8, 4) is 0 Å². The van der Waals surface area contributed by atoms with E-state index in [1.807, 2.05) is 20.8 Å². The van der Waals surface area contributed by atoms with Gasteiger partial charge in [0.05, 0.1) is 6.04 Å². The zero-order valence-corrected chi connectivity index (χ0v) is 17.4. The number of amides is 2. The molecule has 1 aromatic rings. The predicted octanol–water partition coefficient (Wildman–Crippen LogP) is 3.88. The summed E-state index contributed by atoms with van der Waals surface area (Å²) in [6.07, 6.45) is 1.03. The summed E-state index contributed by atoms with van der Waals surface area (Å²) in [5.74, 6) is 0.146. The van der Waals surface area contributed by atoms with Crippen molar-refractivity contribution in [3.05, 3.63) is 17.4 Å². The van der Waals surface area contributed by atoms with Crippen LogP contribution in [0, 0.1) is 0 Å². The number of halogens is 1. The third-order valence-corrected chi connectivity index (χ3v) is 3.81. The first-order valence-corrected chi connectivity index (χ1v) is 9.22. The van der Waals surface area contributed by atoms with E-state index in [2.05, 4.69) is 9.97 Å². The number of rotatable bonds is 2. The summed E-state index contributed by atoms with van der Waals surface area (Å²) in [5, 5.41) is 0.218. The van der Waals surface area contributed by atoms with Gasteiger partial charge in [-0.05, 0) is 54.0 Å². The van der Waals surface area contributed by atoms with Crippen LogP contribution in [0.15, 0.2) is 12.3 Å². The topological polar surface area (TPSA) is 84.9 Å². The molecule has 1 aliphatic heterocycles. The highest BCUT2D eigenvalue weighted by Gasteiger charge is 2.38. The molecule has 0 radical (unpaired) electrons. The number of likely N-dealkylation sites (tertiary alicyclic amines) is 1. The number of anilines is 1. The minimum atomic E-state index is -0.683. The van der Waals surface area contributed by atoms with Gasteiger partial charge in [-0.3, -0.25) is 0 Å². The molecule has 150 valence electrons. The lowest BCUT2D eigenvalue weighted by Crippen LogP contribution is -2.46. The van der Waals surface area contributed by atoms with Crippen LogP contribution in [0.5, 0.6) is 0 Å². The van der Waals surface area contributed by atoms with Gasteiger partial charge in [-0.2, -0.15) is 0 Å². The fourth-order valence-corrected chi connectivity index (χ4v) is 2.73. The lowest BCUT2D eigenvalue weighted by Gasteiger charge is -2.30. The summed E-state index contributed by atoms with van der Waals surface area (Å²) in [6.45, 7) is 11.5. The number of hydrogen-bond acceptors (Lipinski definition) is 6. The maximum absolute atomic E-state index is 12.8. The summed E-state index contributed by atoms with van der Waals surface area (Å²) in [4.78, 5) is 36.4. The zero-order chi connectivity index (χ0) is 20.4. The summed E-state index contributed by atoms with van der Waals surface area (Å²) in [5.41, 5.74) is -1.27. The molecule has 1 saturated heterocycles. The minimum absolute atomic E-state index is 0.146. The van der Waals surface area contributed by atoms with Crippen molar-refractivity contribution in [3.63, 3.8) is 0 Å². The monoisotopic (exact) mass is 398 g/mol. The van der Waals surface area contributed by atoms with Gasteiger partial charge in [0.15, 0.2) is 0 Å². The molecular weight excluding hydrogens is 372 g/mol. The van der Waals surface area contributed by atoms with Crippen LogP contribution in [0.3, 0.4) is 0 Å². The lowest BCUT2D eigenvalue weighted by atomic mass is 10.2. The van der Waals surface area contributed by atoms with Crippen LogP contribution in [0.25, 0.3) is 0 Å². The maximum atomic E-state index is 12.8. The van der Waals surface area contributed by atoms with Crippen LogP contribution in [0.1, 0.15) is 48.0 Å². The third kappa shape index (κ3) is 6.23. The average Bonchev–Trinajstić information content (AvgIpc) is 2.93. The van der Waals surface area contributed by atoms with Crippen molar-refractivity contribution < 1.29 is 19.1 Å². The highest BCUT2D eigenvalue weighted by Crippen LogP contribution is 2.25. The van der Waals surface area contributed by atoms with Crippen LogP contribution in [-0.2, 0) is 9.47 Å². The molecule has 2 heterocycles. The van der Waals surface area contributed by atoms with Gasteiger partial charge in [0, 0.05) is 19.3 Å². The first-order valence-electron chi connectivity index (χ1n) is 8.84. The van der Waals surface area contributed by atoms with Crippen LogP contribution >= 0.6 is 11.6 Å². The maximum Gasteiger partial charge on any atom is 0.417 e. The molecule has 1 atom stereocenters. The van der Waals surface area contributed by atoms with E-state index in [4.69, 9.17) is 21.1 Å². The largest absolute Gasteiger partial charge is 0.444 e. The van der Waals surface area contributed by atoms with E-state index in [1.54, 1.807) is 25.7 Å². The Kier molecular flexibility index (Phi) is 6.19.